The van der Waals surface area contributed by atoms with Gasteiger partial charge in [-0.2, -0.15) is 0 Å². The number of nitrogens with zero attached hydrogens (tertiary/aromatic N) is 2. The Hall–Kier alpha value is -1.09. The standard InChI is InChI=1S/C17H30N4O2.HI/c1-4-12-23-16-15(9-7-10-19-16)14-21-17(18-5-2)20-11-8-13-22-6-3;/h7,9-10H,4-6,8,11-14H2,1-3H3,(H2,18,20,21);1H. The number of hydrogen-bond donors (Lipinski definition) is 2. The fraction of sp³-hybridized carbons (Fsp3) is 0.647. The van der Waals surface area contributed by atoms with Crippen molar-refractivity contribution in [3.05, 3.63) is 23.9 Å². The van der Waals surface area contributed by atoms with Crippen molar-refractivity contribution in [2.75, 3.05) is 32.9 Å². The molecular weight excluding hydrogens is 419 g/mol. The molecule has 1 aromatic heterocycles. The van der Waals surface area contributed by atoms with Crippen LogP contribution in [0.5, 0.6) is 5.88 Å². The van der Waals surface area contributed by atoms with Crippen LogP contribution in [0.15, 0.2) is 23.3 Å². The van der Waals surface area contributed by atoms with Gasteiger partial charge >= 0.3 is 0 Å². The summed E-state index contributed by atoms with van der Waals surface area (Å²) in [5.41, 5.74) is 0.993. The Labute approximate surface area is 162 Å². The van der Waals surface area contributed by atoms with Gasteiger partial charge in [0.2, 0.25) is 5.88 Å². The van der Waals surface area contributed by atoms with Gasteiger partial charge in [-0.15, -0.1) is 24.0 Å². The van der Waals surface area contributed by atoms with Crippen LogP contribution >= 0.6 is 24.0 Å². The maximum absolute atomic E-state index is 5.67. The second kappa shape index (κ2) is 15.4. The maximum atomic E-state index is 5.67. The van der Waals surface area contributed by atoms with E-state index in [1.807, 2.05) is 19.1 Å². The fourth-order valence-electron chi connectivity index (χ4n) is 1.90. The van der Waals surface area contributed by atoms with Gasteiger partial charge in [-0.1, -0.05) is 13.0 Å². The van der Waals surface area contributed by atoms with Gasteiger partial charge in [-0.3, -0.25) is 0 Å². The molecule has 0 unspecified atom stereocenters. The molecule has 2 N–H and O–H groups in total. The summed E-state index contributed by atoms with van der Waals surface area (Å²) in [6, 6.07) is 3.91. The van der Waals surface area contributed by atoms with Crippen molar-refractivity contribution in [2.45, 2.75) is 40.2 Å². The smallest absolute Gasteiger partial charge is 0.218 e. The Morgan fingerprint density at radius 2 is 2.04 bits per heavy atom. The van der Waals surface area contributed by atoms with Crippen molar-refractivity contribution >= 4 is 29.9 Å². The van der Waals surface area contributed by atoms with Crippen LogP contribution in [0.2, 0.25) is 0 Å². The van der Waals surface area contributed by atoms with Crippen molar-refractivity contribution < 1.29 is 9.47 Å². The third-order valence-corrected chi connectivity index (χ3v) is 3.01. The third kappa shape index (κ3) is 9.92. The molecule has 0 aliphatic heterocycles. The van der Waals surface area contributed by atoms with Crippen molar-refractivity contribution in [1.82, 2.24) is 15.6 Å². The number of guanidine groups is 1. The average Bonchev–Trinajstić information content (AvgIpc) is 2.58. The minimum Gasteiger partial charge on any atom is -0.477 e. The van der Waals surface area contributed by atoms with Gasteiger partial charge < -0.3 is 20.1 Å². The highest BCUT2D eigenvalue weighted by Crippen LogP contribution is 2.15. The van der Waals surface area contributed by atoms with Crippen LogP contribution in [0.1, 0.15) is 39.2 Å². The summed E-state index contributed by atoms with van der Waals surface area (Å²) in [6.45, 7) is 10.5. The summed E-state index contributed by atoms with van der Waals surface area (Å²) in [7, 11) is 0. The van der Waals surface area contributed by atoms with Crippen LogP contribution in [0, 0.1) is 0 Å². The highest BCUT2D eigenvalue weighted by atomic mass is 127. The summed E-state index contributed by atoms with van der Waals surface area (Å²) in [5, 5.41) is 6.55. The normalized spacial score (nSPS) is 10.9. The second-order valence-electron chi connectivity index (χ2n) is 4.99. The van der Waals surface area contributed by atoms with E-state index in [1.54, 1.807) is 6.20 Å². The van der Waals surface area contributed by atoms with E-state index in [0.717, 1.165) is 50.7 Å². The number of hydrogen-bond acceptors (Lipinski definition) is 4. The zero-order valence-corrected chi connectivity index (χ0v) is 17.3. The molecule has 0 aliphatic carbocycles. The minimum absolute atomic E-state index is 0. The van der Waals surface area contributed by atoms with Crippen LogP contribution in [0.25, 0.3) is 0 Å². The molecule has 0 saturated heterocycles. The highest BCUT2D eigenvalue weighted by Gasteiger charge is 2.04. The van der Waals surface area contributed by atoms with E-state index in [-0.39, 0.29) is 24.0 Å². The van der Waals surface area contributed by atoms with E-state index in [2.05, 4.69) is 34.5 Å². The Morgan fingerprint density at radius 1 is 1.21 bits per heavy atom. The summed E-state index contributed by atoms with van der Waals surface area (Å²) >= 11 is 0. The molecule has 0 aromatic carbocycles. The first-order valence-corrected chi connectivity index (χ1v) is 8.48. The molecule has 1 aromatic rings. The molecular formula is C17H31IN4O2. The Bertz CT molecular complexity index is 458. The van der Waals surface area contributed by atoms with Gasteiger partial charge in [-0.05, 0) is 32.8 Å². The topological polar surface area (TPSA) is 67.8 Å². The molecule has 7 heteroatoms. The number of aliphatic imine (C=N–C) groups is 1. The van der Waals surface area contributed by atoms with Gasteiger partial charge in [-0.25, -0.2) is 9.98 Å². The molecule has 0 atom stereocenters. The second-order valence-corrected chi connectivity index (χ2v) is 4.99. The monoisotopic (exact) mass is 450 g/mol. The van der Waals surface area contributed by atoms with Crippen LogP contribution in [0.4, 0.5) is 0 Å². The molecule has 0 saturated carbocycles. The van der Waals surface area contributed by atoms with Crippen LogP contribution in [-0.2, 0) is 11.3 Å². The first-order chi connectivity index (χ1) is 11.3. The van der Waals surface area contributed by atoms with Gasteiger partial charge in [0.15, 0.2) is 5.96 Å². The number of halogens is 1. The lowest BCUT2D eigenvalue weighted by atomic mass is 10.3. The molecule has 138 valence electrons. The summed E-state index contributed by atoms with van der Waals surface area (Å²) in [6.07, 6.45) is 3.66. The predicted molar refractivity (Wildman–Crippen MR) is 109 cm³/mol. The zero-order chi connectivity index (χ0) is 16.8. The quantitative estimate of drug-likeness (QED) is 0.235. The van der Waals surface area contributed by atoms with Gasteiger partial charge in [0.05, 0.1) is 13.2 Å². The lowest BCUT2D eigenvalue weighted by molar-refractivity contribution is 0.145. The predicted octanol–water partition coefficient (Wildman–Crippen LogP) is 2.97. The number of rotatable bonds is 11. The first-order valence-electron chi connectivity index (χ1n) is 8.48. The van der Waals surface area contributed by atoms with E-state index in [4.69, 9.17) is 9.47 Å². The third-order valence-electron chi connectivity index (χ3n) is 3.01. The van der Waals surface area contributed by atoms with Crippen LogP contribution in [-0.4, -0.2) is 43.9 Å². The molecule has 0 fully saturated rings. The molecule has 0 aliphatic rings. The van der Waals surface area contributed by atoms with E-state index >= 15 is 0 Å². The molecule has 0 spiro atoms. The maximum Gasteiger partial charge on any atom is 0.218 e. The molecule has 0 bridgehead atoms. The first kappa shape index (κ1) is 22.9. The highest BCUT2D eigenvalue weighted by molar-refractivity contribution is 14.0. The molecule has 1 heterocycles. The SMILES string of the molecule is CCCOc1ncccc1CN=C(NCC)NCCCOCC.I. The van der Waals surface area contributed by atoms with Crippen LogP contribution in [0.3, 0.4) is 0 Å². The number of nitrogens with one attached hydrogen (secondary N) is 2. The Kier molecular flexibility index (Phi) is 14.7. The van der Waals surface area contributed by atoms with Gasteiger partial charge in [0.25, 0.3) is 0 Å². The Balaban J connectivity index is 0.00000529. The van der Waals surface area contributed by atoms with Gasteiger partial charge in [0, 0.05) is 38.1 Å². The summed E-state index contributed by atoms with van der Waals surface area (Å²) in [5.74, 6) is 1.47. The molecule has 1 rings (SSSR count). The zero-order valence-electron chi connectivity index (χ0n) is 15.0. The summed E-state index contributed by atoms with van der Waals surface area (Å²) < 4.78 is 11.0. The molecule has 0 radical (unpaired) electrons. The minimum atomic E-state index is 0. The van der Waals surface area contributed by atoms with E-state index < -0.39 is 0 Å². The van der Waals surface area contributed by atoms with Crippen molar-refractivity contribution in [3.63, 3.8) is 0 Å². The fourth-order valence-corrected chi connectivity index (χ4v) is 1.90. The molecule has 0 amide bonds. The van der Waals surface area contributed by atoms with Crippen molar-refractivity contribution in [2.24, 2.45) is 4.99 Å². The van der Waals surface area contributed by atoms with E-state index in [0.29, 0.717) is 19.0 Å². The molecule has 6 nitrogen and oxygen atoms in total. The number of aromatic nitrogens is 1. The Morgan fingerprint density at radius 3 is 2.75 bits per heavy atom. The average molecular weight is 450 g/mol. The number of pyridine rings is 1. The van der Waals surface area contributed by atoms with Gasteiger partial charge in [0.1, 0.15) is 0 Å². The van der Waals surface area contributed by atoms with E-state index in [1.165, 1.54) is 0 Å². The lowest BCUT2D eigenvalue weighted by Gasteiger charge is -2.12. The van der Waals surface area contributed by atoms with Crippen molar-refractivity contribution in [3.8, 4) is 5.88 Å². The van der Waals surface area contributed by atoms with E-state index in [9.17, 15) is 0 Å². The largest absolute Gasteiger partial charge is 0.477 e. The van der Waals surface area contributed by atoms with Crippen LogP contribution < -0.4 is 15.4 Å². The number of ether oxygens (including phenoxy) is 2. The summed E-state index contributed by atoms with van der Waals surface area (Å²) in [4.78, 5) is 8.89. The molecule has 24 heavy (non-hydrogen) atoms. The van der Waals surface area contributed by atoms with Crippen molar-refractivity contribution in [1.29, 1.82) is 0 Å². The lowest BCUT2D eigenvalue weighted by Crippen LogP contribution is -2.38.